The zero-order valence-corrected chi connectivity index (χ0v) is 13.7. The van der Waals surface area contributed by atoms with Crippen LogP contribution in [0.5, 0.6) is 5.75 Å². The van der Waals surface area contributed by atoms with Crippen molar-refractivity contribution in [3.63, 3.8) is 0 Å². The second kappa shape index (κ2) is 7.35. The molecule has 6 heteroatoms. The van der Waals surface area contributed by atoms with E-state index in [4.69, 9.17) is 21.6 Å². The number of halogens is 1. The van der Waals surface area contributed by atoms with Crippen molar-refractivity contribution in [2.45, 2.75) is 50.7 Å². The average molecular weight is 332 g/mol. The molecular weight excluding hydrogens is 314 g/mol. The molecule has 2 rings (SSSR count). The van der Waals surface area contributed by atoms with Gasteiger partial charge < -0.3 is 10.1 Å². The first-order valence-corrected chi connectivity index (χ1v) is 7.97. The van der Waals surface area contributed by atoms with E-state index in [1.165, 1.54) is 6.07 Å². The topological polar surface area (TPSA) is 85.9 Å². The number of carbonyl (C=O) groups is 1. The number of benzene rings is 1. The predicted octanol–water partition coefficient (Wildman–Crippen LogP) is 3.32. The minimum absolute atomic E-state index is 0.274. The van der Waals surface area contributed by atoms with Gasteiger partial charge >= 0.3 is 0 Å². The maximum Gasteiger partial charge on any atom is 0.262 e. The van der Waals surface area contributed by atoms with Gasteiger partial charge in [-0.1, -0.05) is 30.9 Å². The Hall–Kier alpha value is -2.24. The zero-order valence-electron chi connectivity index (χ0n) is 12.9. The highest BCUT2D eigenvalue weighted by Gasteiger charge is 2.35. The van der Waals surface area contributed by atoms with Gasteiger partial charge in [-0.2, -0.15) is 10.5 Å². The molecule has 0 bridgehead atoms. The molecule has 0 aliphatic heterocycles. The Morgan fingerprint density at radius 3 is 2.61 bits per heavy atom. The van der Waals surface area contributed by atoms with Gasteiger partial charge in [-0.3, -0.25) is 4.79 Å². The van der Waals surface area contributed by atoms with Crippen LogP contribution in [0, 0.1) is 22.7 Å². The molecule has 0 spiro atoms. The summed E-state index contributed by atoms with van der Waals surface area (Å²) in [4.78, 5) is 12.3. The van der Waals surface area contributed by atoms with Gasteiger partial charge in [0, 0.05) is 0 Å². The summed E-state index contributed by atoms with van der Waals surface area (Å²) in [6, 6.07) is 8.85. The number of nitriles is 2. The quantitative estimate of drug-likeness (QED) is 0.916. The molecule has 120 valence electrons. The summed E-state index contributed by atoms with van der Waals surface area (Å²) in [5.41, 5.74) is -0.369. The normalized spacial score (nSPS) is 17.4. The van der Waals surface area contributed by atoms with Gasteiger partial charge in [-0.25, -0.2) is 0 Å². The molecule has 0 radical (unpaired) electrons. The minimum Gasteiger partial charge on any atom is -0.479 e. The van der Waals surface area contributed by atoms with E-state index in [0.717, 1.165) is 19.3 Å². The minimum atomic E-state index is -0.790. The van der Waals surface area contributed by atoms with Crippen LogP contribution >= 0.6 is 11.6 Å². The highest BCUT2D eigenvalue weighted by molar-refractivity contribution is 6.32. The average Bonchev–Trinajstić information content (AvgIpc) is 2.57. The number of nitrogens with zero attached hydrogens (tertiary/aromatic N) is 2. The van der Waals surface area contributed by atoms with Crippen LogP contribution in [0.2, 0.25) is 5.02 Å². The van der Waals surface area contributed by atoms with E-state index in [2.05, 4.69) is 11.4 Å². The second-order valence-corrected chi connectivity index (χ2v) is 6.17. The second-order valence-electron chi connectivity index (χ2n) is 5.76. The van der Waals surface area contributed by atoms with Crippen LogP contribution in [0.4, 0.5) is 0 Å². The molecule has 0 aromatic heterocycles. The summed E-state index contributed by atoms with van der Waals surface area (Å²) < 4.78 is 5.57. The molecule has 1 N–H and O–H groups in total. The highest BCUT2D eigenvalue weighted by atomic mass is 35.5. The first-order chi connectivity index (χ1) is 11.0. The SMILES string of the molecule is C[C@@H](Oc1ccc(C#N)cc1Cl)C(=O)NC1(C#N)CCCCC1. The summed E-state index contributed by atoms with van der Waals surface area (Å²) in [6.07, 6.45) is 3.51. The summed E-state index contributed by atoms with van der Waals surface area (Å²) in [7, 11) is 0. The van der Waals surface area contributed by atoms with Gasteiger partial charge in [0.25, 0.3) is 5.91 Å². The monoisotopic (exact) mass is 331 g/mol. The zero-order chi connectivity index (χ0) is 16.9. The lowest BCUT2D eigenvalue weighted by atomic mass is 9.83. The Balaban J connectivity index is 2.03. The molecule has 1 aliphatic rings. The van der Waals surface area contributed by atoms with Crippen LogP contribution in [0.3, 0.4) is 0 Å². The van der Waals surface area contributed by atoms with E-state index < -0.39 is 11.6 Å². The first kappa shape index (κ1) is 17.1. The van der Waals surface area contributed by atoms with Crippen LogP contribution in [0.25, 0.3) is 0 Å². The Labute approximate surface area is 140 Å². The van der Waals surface area contributed by atoms with Crippen LogP contribution in [-0.2, 0) is 4.79 Å². The Morgan fingerprint density at radius 1 is 1.35 bits per heavy atom. The third kappa shape index (κ3) is 4.15. The lowest BCUT2D eigenvalue weighted by molar-refractivity contribution is -0.129. The number of amides is 1. The van der Waals surface area contributed by atoms with Crippen LogP contribution < -0.4 is 10.1 Å². The lowest BCUT2D eigenvalue weighted by Crippen LogP contribution is -2.52. The van der Waals surface area contributed by atoms with Gasteiger partial charge in [-0.15, -0.1) is 0 Å². The standard InChI is InChI=1S/C17H18ClN3O2/c1-12(23-15-6-5-13(10-19)9-14(15)18)16(22)21-17(11-20)7-3-2-4-8-17/h5-6,9,12H,2-4,7-8H2,1H3,(H,21,22)/t12-/m1/s1. The fourth-order valence-corrected chi connectivity index (χ4v) is 2.89. The van der Waals surface area contributed by atoms with E-state index in [0.29, 0.717) is 24.2 Å². The van der Waals surface area contributed by atoms with Crippen molar-refractivity contribution in [1.29, 1.82) is 10.5 Å². The molecule has 0 unspecified atom stereocenters. The molecule has 0 saturated heterocycles. The molecule has 1 saturated carbocycles. The number of carbonyl (C=O) groups excluding carboxylic acids is 1. The summed E-state index contributed by atoms with van der Waals surface area (Å²) in [6.45, 7) is 1.61. The number of hydrogen-bond donors (Lipinski definition) is 1. The number of hydrogen-bond acceptors (Lipinski definition) is 4. The summed E-state index contributed by atoms with van der Waals surface area (Å²) in [5, 5.41) is 21.3. The molecule has 1 aromatic rings. The van der Waals surface area contributed by atoms with Crippen molar-refractivity contribution in [3.8, 4) is 17.9 Å². The van der Waals surface area contributed by atoms with E-state index in [1.807, 2.05) is 6.07 Å². The Kier molecular flexibility index (Phi) is 5.47. The van der Waals surface area contributed by atoms with Crippen molar-refractivity contribution < 1.29 is 9.53 Å². The van der Waals surface area contributed by atoms with Crippen LogP contribution in [0.1, 0.15) is 44.6 Å². The summed E-state index contributed by atoms with van der Waals surface area (Å²) in [5.74, 6) is -0.00292. The molecule has 1 aliphatic carbocycles. The van der Waals surface area contributed by atoms with Crippen LogP contribution in [-0.4, -0.2) is 17.6 Å². The Bertz CT molecular complexity index is 669. The van der Waals surface area contributed by atoms with Gasteiger partial charge in [0.15, 0.2) is 6.10 Å². The van der Waals surface area contributed by atoms with Crippen LogP contribution in [0.15, 0.2) is 18.2 Å². The molecule has 1 fully saturated rings. The first-order valence-electron chi connectivity index (χ1n) is 7.59. The molecule has 0 heterocycles. The number of ether oxygens (including phenoxy) is 1. The van der Waals surface area contributed by atoms with E-state index in [9.17, 15) is 10.1 Å². The van der Waals surface area contributed by atoms with Crippen molar-refractivity contribution in [2.75, 3.05) is 0 Å². The highest BCUT2D eigenvalue weighted by Crippen LogP contribution is 2.29. The third-order valence-electron chi connectivity index (χ3n) is 4.02. The molecule has 23 heavy (non-hydrogen) atoms. The largest absolute Gasteiger partial charge is 0.479 e. The molecule has 1 aromatic carbocycles. The Morgan fingerprint density at radius 2 is 2.04 bits per heavy atom. The van der Waals surface area contributed by atoms with Crippen molar-refractivity contribution in [2.24, 2.45) is 0 Å². The van der Waals surface area contributed by atoms with E-state index in [-0.39, 0.29) is 10.9 Å². The number of nitrogens with one attached hydrogen (secondary N) is 1. The fourth-order valence-electron chi connectivity index (χ4n) is 2.67. The summed E-state index contributed by atoms with van der Waals surface area (Å²) >= 11 is 6.04. The van der Waals surface area contributed by atoms with E-state index in [1.54, 1.807) is 19.1 Å². The molecule has 5 nitrogen and oxygen atoms in total. The number of rotatable bonds is 4. The van der Waals surface area contributed by atoms with E-state index >= 15 is 0 Å². The fraction of sp³-hybridized carbons (Fsp3) is 0.471. The maximum absolute atomic E-state index is 12.3. The van der Waals surface area contributed by atoms with Gasteiger partial charge in [-0.05, 0) is 38.0 Å². The molecular formula is C17H18ClN3O2. The molecule has 1 atom stereocenters. The maximum atomic E-state index is 12.3. The van der Waals surface area contributed by atoms with Crippen molar-refractivity contribution >= 4 is 17.5 Å². The third-order valence-corrected chi connectivity index (χ3v) is 4.31. The van der Waals surface area contributed by atoms with Gasteiger partial charge in [0.1, 0.15) is 11.3 Å². The smallest absolute Gasteiger partial charge is 0.262 e. The van der Waals surface area contributed by atoms with Gasteiger partial charge in [0.05, 0.1) is 22.7 Å². The van der Waals surface area contributed by atoms with Crippen molar-refractivity contribution in [1.82, 2.24) is 5.32 Å². The van der Waals surface area contributed by atoms with Crippen molar-refractivity contribution in [3.05, 3.63) is 28.8 Å². The molecule has 1 amide bonds. The predicted molar refractivity (Wildman–Crippen MR) is 85.8 cm³/mol. The van der Waals surface area contributed by atoms with Gasteiger partial charge in [0.2, 0.25) is 0 Å². The lowest BCUT2D eigenvalue weighted by Gasteiger charge is -2.32.